The van der Waals surface area contributed by atoms with Crippen LogP contribution in [0.3, 0.4) is 0 Å². The molecule has 3 rings (SSSR count). The summed E-state index contributed by atoms with van der Waals surface area (Å²) in [5.74, 6) is -2.76. The monoisotopic (exact) mass is 469 g/mol. The number of ether oxygens (including phenoxy) is 2. The van der Waals surface area contributed by atoms with E-state index in [4.69, 9.17) is 21.1 Å². The van der Waals surface area contributed by atoms with Crippen LogP contribution in [0.5, 0.6) is 11.5 Å². The summed E-state index contributed by atoms with van der Waals surface area (Å²) >= 11 is 5.87. The molecule has 1 fully saturated rings. The van der Waals surface area contributed by atoms with Crippen LogP contribution < -0.4 is 24.8 Å². The molecule has 9 nitrogen and oxygen atoms in total. The van der Waals surface area contributed by atoms with Crippen molar-refractivity contribution in [2.45, 2.75) is 6.42 Å². The average molecular weight is 470 g/mol. The molecular weight excluding hydrogens is 452 g/mol. The maximum atomic E-state index is 13.0. The Morgan fingerprint density at radius 1 is 1.21 bits per heavy atom. The molecule has 0 radical (unpaired) electrons. The van der Waals surface area contributed by atoms with E-state index in [-0.39, 0.29) is 29.2 Å². The van der Waals surface area contributed by atoms with Gasteiger partial charge in [0, 0.05) is 10.6 Å². The first-order valence-corrected chi connectivity index (χ1v) is 9.94. The fourth-order valence-corrected chi connectivity index (χ4v) is 3.30. The van der Waals surface area contributed by atoms with Gasteiger partial charge in [0.25, 0.3) is 11.8 Å². The van der Waals surface area contributed by atoms with Crippen LogP contribution >= 0.6 is 11.6 Å². The van der Waals surface area contributed by atoms with Crippen molar-refractivity contribution in [1.82, 2.24) is 5.32 Å². The van der Waals surface area contributed by atoms with Crippen LogP contribution in [0.1, 0.15) is 11.1 Å². The number of nitrogens with one attached hydrogen (secondary N) is 1. The first kappa shape index (κ1) is 23.6. The minimum atomic E-state index is -1.41. The predicted octanol–water partition coefficient (Wildman–Crippen LogP) is 1.87. The molecule has 10 heteroatoms. The van der Waals surface area contributed by atoms with E-state index in [9.17, 15) is 24.3 Å². The summed E-state index contributed by atoms with van der Waals surface area (Å²) in [5.41, 5.74) is 0.830. The number of allylic oxidation sites excluding steroid dienone is 1. The second-order valence-corrected chi connectivity index (χ2v) is 7.24. The smallest absolute Gasteiger partial charge is 0.335 e. The topological polar surface area (TPSA) is 125 Å². The fourth-order valence-electron chi connectivity index (χ4n) is 3.17. The van der Waals surface area contributed by atoms with Crippen molar-refractivity contribution in [3.63, 3.8) is 0 Å². The van der Waals surface area contributed by atoms with E-state index in [2.05, 4.69) is 11.9 Å². The van der Waals surface area contributed by atoms with E-state index in [1.54, 1.807) is 12.1 Å². The number of aliphatic carboxylic acids is 1. The maximum Gasteiger partial charge on any atom is 0.335 e. The number of imide groups is 2. The Kier molecular flexibility index (Phi) is 7.14. The molecular formula is C23H18ClN2O7-. The summed E-state index contributed by atoms with van der Waals surface area (Å²) in [7, 11) is 1.36. The number of hydrogen-bond acceptors (Lipinski definition) is 7. The van der Waals surface area contributed by atoms with Gasteiger partial charge in [0.1, 0.15) is 12.2 Å². The molecule has 0 saturated carbocycles. The Labute approximate surface area is 193 Å². The fraction of sp³-hybridized carbons (Fsp3) is 0.130. The highest BCUT2D eigenvalue weighted by atomic mass is 35.5. The van der Waals surface area contributed by atoms with E-state index >= 15 is 0 Å². The number of rotatable bonds is 8. The molecule has 33 heavy (non-hydrogen) atoms. The summed E-state index contributed by atoms with van der Waals surface area (Å²) < 4.78 is 10.6. The van der Waals surface area contributed by atoms with Crippen molar-refractivity contribution in [3.8, 4) is 11.5 Å². The third-order valence-electron chi connectivity index (χ3n) is 4.57. The maximum absolute atomic E-state index is 13.0. The van der Waals surface area contributed by atoms with Crippen molar-refractivity contribution < 1.29 is 33.8 Å². The number of carbonyl (C=O) groups is 4. The molecule has 1 N–H and O–H groups in total. The van der Waals surface area contributed by atoms with Crippen molar-refractivity contribution >= 4 is 47.2 Å². The SMILES string of the molecule is C=CCc1cc(/C=C2\C(=O)NC(=O)N(c3ccc(Cl)cc3)C2=O)cc(OC)c1OCC(=O)[O-]. The number of carboxylic acid groups (broad SMARTS) is 1. The molecule has 1 saturated heterocycles. The van der Waals surface area contributed by atoms with Gasteiger partial charge in [0.15, 0.2) is 11.5 Å². The molecule has 170 valence electrons. The summed E-state index contributed by atoms with van der Waals surface area (Å²) in [6.45, 7) is 2.97. The Balaban J connectivity index is 2.04. The highest BCUT2D eigenvalue weighted by Crippen LogP contribution is 2.35. The van der Waals surface area contributed by atoms with E-state index in [1.807, 2.05) is 0 Å². The molecule has 2 aromatic carbocycles. The Hall–Kier alpha value is -4.11. The van der Waals surface area contributed by atoms with Crippen LogP contribution in [0.15, 0.2) is 54.6 Å². The molecule has 0 aromatic heterocycles. The standard InChI is InChI=1S/C23H19ClN2O7/c1-3-4-14-9-13(11-18(32-2)20(14)33-12-19(27)28)10-17-21(29)25-23(31)26(22(17)30)16-7-5-15(24)6-8-16/h3,5-11H,1,4,12H2,2H3,(H,27,28)(H,25,29,31)/p-1/b17-10+. The zero-order chi connectivity index (χ0) is 24.1. The summed E-state index contributed by atoms with van der Waals surface area (Å²) in [6.07, 6.45) is 3.15. The molecule has 1 aliphatic heterocycles. The quantitative estimate of drug-likeness (QED) is 0.355. The lowest BCUT2D eigenvalue weighted by Crippen LogP contribution is -2.54. The summed E-state index contributed by atoms with van der Waals surface area (Å²) in [6, 6.07) is 8.13. The molecule has 0 atom stereocenters. The van der Waals surface area contributed by atoms with Crippen molar-refractivity contribution in [2.24, 2.45) is 0 Å². The third-order valence-corrected chi connectivity index (χ3v) is 4.82. The molecule has 1 heterocycles. The first-order chi connectivity index (χ1) is 15.7. The van der Waals surface area contributed by atoms with Crippen LogP contribution in [-0.2, 0) is 20.8 Å². The number of amides is 4. The highest BCUT2D eigenvalue weighted by molar-refractivity contribution is 6.39. The molecule has 4 amide bonds. The lowest BCUT2D eigenvalue weighted by molar-refractivity contribution is -0.307. The number of barbiturate groups is 1. The Morgan fingerprint density at radius 3 is 2.52 bits per heavy atom. The number of halogens is 1. The highest BCUT2D eigenvalue weighted by Gasteiger charge is 2.36. The van der Waals surface area contributed by atoms with Crippen molar-refractivity contribution in [1.29, 1.82) is 0 Å². The zero-order valence-corrected chi connectivity index (χ0v) is 18.2. The molecule has 0 bridgehead atoms. The number of carbonyl (C=O) groups excluding carboxylic acids is 4. The molecule has 0 spiro atoms. The van der Waals surface area contributed by atoms with Gasteiger partial charge in [-0.15, -0.1) is 6.58 Å². The second-order valence-electron chi connectivity index (χ2n) is 6.80. The number of benzene rings is 2. The minimum Gasteiger partial charge on any atom is -0.546 e. The largest absolute Gasteiger partial charge is 0.546 e. The lowest BCUT2D eigenvalue weighted by atomic mass is 10.0. The van der Waals surface area contributed by atoms with E-state index in [0.29, 0.717) is 16.1 Å². The van der Waals surface area contributed by atoms with Gasteiger partial charge in [-0.1, -0.05) is 17.7 Å². The zero-order valence-electron chi connectivity index (χ0n) is 17.4. The van der Waals surface area contributed by atoms with Crippen molar-refractivity contribution in [3.05, 3.63) is 70.8 Å². The number of anilines is 1. The van der Waals surface area contributed by atoms with Crippen LogP contribution in [0.25, 0.3) is 6.08 Å². The molecule has 0 aliphatic carbocycles. The van der Waals surface area contributed by atoms with Gasteiger partial charge in [-0.25, -0.2) is 9.69 Å². The number of methoxy groups -OCH3 is 1. The molecule has 0 unspecified atom stereocenters. The summed E-state index contributed by atoms with van der Waals surface area (Å²) in [5, 5.41) is 13.4. The number of hydrogen-bond donors (Lipinski definition) is 1. The molecule has 1 aliphatic rings. The summed E-state index contributed by atoms with van der Waals surface area (Å²) in [4.78, 5) is 49.4. The van der Waals surface area contributed by atoms with E-state index < -0.39 is 30.4 Å². The minimum absolute atomic E-state index is 0.168. The predicted molar refractivity (Wildman–Crippen MR) is 118 cm³/mol. The van der Waals surface area contributed by atoms with Crippen LogP contribution in [0.4, 0.5) is 10.5 Å². The lowest BCUT2D eigenvalue weighted by Gasteiger charge is -2.26. The Bertz CT molecular complexity index is 1170. The van der Waals surface area contributed by atoms with Gasteiger partial charge < -0.3 is 19.4 Å². The van der Waals surface area contributed by atoms with Gasteiger partial charge in [-0.2, -0.15) is 0 Å². The average Bonchev–Trinajstić information content (AvgIpc) is 2.76. The Morgan fingerprint density at radius 2 is 1.91 bits per heavy atom. The number of nitrogens with zero attached hydrogens (tertiary/aromatic N) is 1. The van der Waals surface area contributed by atoms with Crippen LogP contribution in [-0.4, -0.2) is 37.5 Å². The van der Waals surface area contributed by atoms with E-state index in [0.717, 1.165) is 4.90 Å². The van der Waals surface area contributed by atoms with Gasteiger partial charge >= 0.3 is 6.03 Å². The van der Waals surface area contributed by atoms with Gasteiger partial charge in [0.2, 0.25) is 0 Å². The third kappa shape index (κ3) is 5.21. The normalized spacial score (nSPS) is 14.8. The van der Waals surface area contributed by atoms with Crippen LogP contribution in [0, 0.1) is 0 Å². The van der Waals surface area contributed by atoms with Gasteiger partial charge in [-0.05, 0) is 54.5 Å². The molecule has 2 aromatic rings. The van der Waals surface area contributed by atoms with Crippen molar-refractivity contribution in [2.75, 3.05) is 18.6 Å². The van der Waals surface area contributed by atoms with Gasteiger partial charge in [-0.3, -0.25) is 14.9 Å². The van der Waals surface area contributed by atoms with Crippen LogP contribution in [0.2, 0.25) is 5.02 Å². The second kappa shape index (κ2) is 10.0. The first-order valence-electron chi connectivity index (χ1n) is 9.56. The van der Waals surface area contributed by atoms with E-state index in [1.165, 1.54) is 43.5 Å². The number of carboxylic acids is 1. The van der Waals surface area contributed by atoms with Gasteiger partial charge in [0.05, 0.1) is 18.8 Å². The number of urea groups is 1.